The van der Waals surface area contributed by atoms with Crippen molar-refractivity contribution in [2.24, 2.45) is 4.99 Å². The zero-order chi connectivity index (χ0) is 27.1. The van der Waals surface area contributed by atoms with Crippen LogP contribution in [0.5, 0.6) is 11.5 Å². The van der Waals surface area contributed by atoms with Crippen molar-refractivity contribution >= 4 is 50.5 Å². The highest BCUT2D eigenvalue weighted by Crippen LogP contribution is 2.42. The molecule has 0 amide bonds. The van der Waals surface area contributed by atoms with Crippen molar-refractivity contribution in [1.29, 1.82) is 5.26 Å². The number of hydrogen-bond donors (Lipinski definition) is 1. The highest BCUT2D eigenvalue weighted by Gasteiger charge is 2.33. The average molecular weight is 591 g/mol. The predicted molar refractivity (Wildman–Crippen MR) is 152 cm³/mol. The van der Waals surface area contributed by atoms with Crippen LogP contribution in [-0.2, 0) is 16.1 Å². The zero-order valence-corrected chi connectivity index (χ0v) is 23.0. The van der Waals surface area contributed by atoms with Crippen molar-refractivity contribution in [3.05, 3.63) is 104 Å². The largest absolute Gasteiger partial charge is 0.506 e. The molecule has 0 aliphatic carbocycles. The number of ether oxygens (including phenoxy) is 3. The number of para-hydroxylation sites is 1. The fourth-order valence-electron chi connectivity index (χ4n) is 3.60. The molecule has 0 saturated heterocycles. The molecular formula is C29H23BrN2O5S. The van der Waals surface area contributed by atoms with Crippen LogP contribution in [0.2, 0.25) is 0 Å². The van der Waals surface area contributed by atoms with Crippen LogP contribution >= 0.6 is 27.7 Å². The normalized spacial score (nSPS) is 15.0. The summed E-state index contributed by atoms with van der Waals surface area (Å²) in [4.78, 5) is 17.7. The first-order valence-corrected chi connectivity index (χ1v) is 13.2. The van der Waals surface area contributed by atoms with Gasteiger partial charge in [0.1, 0.15) is 23.0 Å². The van der Waals surface area contributed by atoms with E-state index in [2.05, 4.69) is 27.0 Å². The van der Waals surface area contributed by atoms with E-state index in [9.17, 15) is 15.2 Å². The first-order valence-electron chi connectivity index (χ1n) is 11.6. The number of carbonyl (C=O) groups excluding carboxylic acids is 1. The SMILES string of the molecule is CCOC(=O)C1=C(O)/C(=C/c2cc(OC)c(OCc3ccccc3C#N)cc2Br)SC1=Nc1ccccc1. The van der Waals surface area contributed by atoms with Gasteiger partial charge in [0.05, 0.1) is 35.9 Å². The van der Waals surface area contributed by atoms with Crippen molar-refractivity contribution < 1.29 is 24.1 Å². The van der Waals surface area contributed by atoms with Crippen LogP contribution < -0.4 is 9.47 Å². The fourth-order valence-corrected chi connectivity index (χ4v) is 5.06. The molecule has 1 heterocycles. The Morgan fingerprint density at radius 2 is 1.87 bits per heavy atom. The van der Waals surface area contributed by atoms with Crippen LogP contribution in [0.25, 0.3) is 6.08 Å². The molecule has 0 unspecified atom stereocenters. The van der Waals surface area contributed by atoms with E-state index in [0.29, 0.717) is 42.7 Å². The first kappa shape index (κ1) is 27.0. The summed E-state index contributed by atoms with van der Waals surface area (Å²) in [5, 5.41) is 20.7. The molecule has 0 bridgehead atoms. The molecular weight excluding hydrogens is 568 g/mol. The highest BCUT2D eigenvalue weighted by atomic mass is 79.9. The number of nitriles is 1. The monoisotopic (exact) mass is 590 g/mol. The van der Waals surface area contributed by atoms with E-state index in [1.807, 2.05) is 42.5 Å². The minimum atomic E-state index is -0.645. The second-order valence-electron chi connectivity index (χ2n) is 7.89. The molecule has 3 aromatic rings. The lowest BCUT2D eigenvalue weighted by molar-refractivity contribution is -0.138. The Morgan fingerprint density at radius 3 is 2.58 bits per heavy atom. The second-order valence-corrected chi connectivity index (χ2v) is 9.77. The summed E-state index contributed by atoms with van der Waals surface area (Å²) >= 11 is 4.74. The number of carbonyl (C=O) groups is 1. The Balaban J connectivity index is 1.67. The van der Waals surface area contributed by atoms with E-state index in [4.69, 9.17) is 14.2 Å². The summed E-state index contributed by atoms with van der Waals surface area (Å²) in [5.74, 6) is 0.0902. The highest BCUT2D eigenvalue weighted by molar-refractivity contribution is 9.10. The maximum atomic E-state index is 12.7. The molecule has 0 saturated carbocycles. The third-order valence-corrected chi connectivity index (χ3v) is 7.15. The molecule has 1 aliphatic rings. The maximum absolute atomic E-state index is 12.7. The second kappa shape index (κ2) is 12.5. The molecule has 0 spiro atoms. The Labute approximate surface area is 233 Å². The number of benzene rings is 3. The van der Waals surface area contributed by atoms with Crippen molar-refractivity contribution in [2.75, 3.05) is 13.7 Å². The van der Waals surface area contributed by atoms with Crippen LogP contribution in [-0.4, -0.2) is 29.8 Å². The van der Waals surface area contributed by atoms with Crippen molar-refractivity contribution in [2.45, 2.75) is 13.5 Å². The average Bonchev–Trinajstić information content (AvgIpc) is 3.23. The van der Waals surface area contributed by atoms with E-state index in [-0.39, 0.29) is 24.5 Å². The maximum Gasteiger partial charge on any atom is 0.344 e. The fraction of sp³-hybridized carbons (Fsp3) is 0.138. The van der Waals surface area contributed by atoms with E-state index in [1.54, 1.807) is 37.3 Å². The van der Waals surface area contributed by atoms with E-state index in [0.717, 1.165) is 5.56 Å². The van der Waals surface area contributed by atoms with Gasteiger partial charge in [-0.05, 0) is 48.9 Å². The van der Waals surface area contributed by atoms with Crippen LogP contribution in [0.3, 0.4) is 0 Å². The molecule has 0 atom stereocenters. The summed E-state index contributed by atoms with van der Waals surface area (Å²) in [5.41, 5.74) is 2.65. The number of aliphatic imine (C=N–C) groups is 1. The molecule has 4 rings (SSSR count). The number of halogens is 1. The third-order valence-electron chi connectivity index (χ3n) is 5.45. The summed E-state index contributed by atoms with van der Waals surface area (Å²) in [7, 11) is 1.53. The van der Waals surface area contributed by atoms with Crippen molar-refractivity contribution in [3.63, 3.8) is 0 Å². The van der Waals surface area contributed by atoms with E-state index in [1.165, 1.54) is 18.9 Å². The van der Waals surface area contributed by atoms with Gasteiger partial charge >= 0.3 is 5.97 Å². The van der Waals surface area contributed by atoms with Crippen LogP contribution in [0.15, 0.2) is 92.4 Å². The van der Waals surface area contributed by atoms with Gasteiger partial charge in [-0.2, -0.15) is 5.26 Å². The number of thioether (sulfide) groups is 1. The lowest BCUT2D eigenvalue weighted by atomic mass is 10.1. The number of aliphatic hydroxyl groups excluding tert-OH is 1. The van der Waals surface area contributed by atoms with Gasteiger partial charge in [-0.1, -0.05) is 64.1 Å². The van der Waals surface area contributed by atoms with Crippen molar-refractivity contribution in [3.8, 4) is 17.6 Å². The topological polar surface area (TPSA) is 101 Å². The molecule has 0 aromatic heterocycles. The third kappa shape index (κ3) is 6.10. The molecule has 3 aromatic carbocycles. The van der Waals surface area contributed by atoms with Gasteiger partial charge in [-0.25, -0.2) is 9.79 Å². The van der Waals surface area contributed by atoms with Crippen LogP contribution in [0.4, 0.5) is 5.69 Å². The summed E-state index contributed by atoms with van der Waals surface area (Å²) in [6.07, 6.45) is 1.73. The molecule has 9 heteroatoms. The molecule has 1 N–H and O–H groups in total. The predicted octanol–water partition coefficient (Wildman–Crippen LogP) is 7.10. The lowest BCUT2D eigenvalue weighted by Crippen LogP contribution is -2.12. The van der Waals surface area contributed by atoms with Crippen LogP contribution in [0.1, 0.15) is 23.6 Å². The Morgan fingerprint density at radius 1 is 1.13 bits per heavy atom. The Bertz CT molecular complexity index is 1490. The summed E-state index contributed by atoms with van der Waals surface area (Å²) < 4.78 is 17.4. The van der Waals surface area contributed by atoms with Gasteiger partial charge < -0.3 is 19.3 Å². The molecule has 0 radical (unpaired) electrons. The van der Waals surface area contributed by atoms with Gasteiger partial charge in [0.15, 0.2) is 11.5 Å². The lowest BCUT2D eigenvalue weighted by Gasteiger charge is -2.14. The van der Waals surface area contributed by atoms with Gasteiger partial charge in [0, 0.05) is 10.0 Å². The quantitative estimate of drug-likeness (QED) is 0.279. The number of esters is 1. The number of aliphatic hydroxyl groups is 1. The molecule has 192 valence electrons. The Hall–Kier alpha value is -4.00. The minimum Gasteiger partial charge on any atom is -0.506 e. The molecule has 38 heavy (non-hydrogen) atoms. The van der Waals surface area contributed by atoms with Crippen LogP contribution in [0, 0.1) is 11.3 Å². The smallest absolute Gasteiger partial charge is 0.344 e. The molecule has 0 fully saturated rings. The summed E-state index contributed by atoms with van der Waals surface area (Å²) in [6, 6.07) is 22.1. The van der Waals surface area contributed by atoms with E-state index < -0.39 is 5.97 Å². The van der Waals surface area contributed by atoms with Gasteiger partial charge in [-0.15, -0.1) is 0 Å². The Kier molecular flexibility index (Phi) is 8.89. The van der Waals surface area contributed by atoms with Gasteiger partial charge in [0.25, 0.3) is 0 Å². The number of methoxy groups -OCH3 is 1. The van der Waals surface area contributed by atoms with Gasteiger partial charge in [-0.3, -0.25) is 0 Å². The first-order chi connectivity index (χ1) is 18.4. The zero-order valence-electron chi connectivity index (χ0n) is 20.6. The van der Waals surface area contributed by atoms with Gasteiger partial charge in [0.2, 0.25) is 0 Å². The summed E-state index contributed by atoms with van der Waals surface area (Å²) in [6.45, 7) is 2.06. The van der Waals surface area contributed by atoms with E-state index >= 15 is 0 Å². The van der Waals surface area contributed by atoms with Crippen molar-refractivity contribution in [1.82, 2.24) is 0 Å². The number of rotatable bonds is 8. The standard InChI is InChI=1S/C29H23BrN2O5S/c1-3-36-29(34)26-27(33)25(38-28(26)32-21-11-5-4-6-12-21)14-20-13-23(35-2)24(15-22(20)30)37-17-19-10-8-7-9-18(19)16-31/h4-15,33H,3,17H2,1-2H3/b25-14-,32-28?. The number of hydrogen-bond acceptors (Lipinski definition) is 8. The molecule has 7 nitrogen and oxygen atoms in total. The molecule has 1 aliphatic heterocycles. The number of nitrogens with zero attached hydrogens (tertiary/aromatic N) is 2. The minimum absolute atomic E-state index is 0.0196.